The number of furan rings is 1. The largest absolute Gasteiger partial charge is 0.454 e. The van der Waals surface area contributed by atoms with E-state index in [1.165, 1.54) is 0 Å². The lowest BCUT2D eigenvalue weighted by Crippen LogP contribution is -1.98. The molecule has 0 bridgehead atoms. The van der Waals surface area contributed by atoms with Crippen LogP contribution in [-0.2, 0) is 0 Å². The first kappa shape index (κ1) is 27.1. The van der Waals surface area contributed by atoms with Crippen molar-refractivity contribution in [2.75, 3.05) is 0 Å². The van der Waals surface area contributed by atoms with Gasteiger partial charge in [-0.15, -0.1) is 0 Å². The van der Waals surface area contributed by atoms with Crippen LogP contribution in [-0.4, -0.2) is 9.13 Å². The molecule has 0 aliphatic heterocycles. The second-order valence-electron chi connectivity index (χ2n) is 12.4. The first-order valence-corrected chi connectivity index (χ1v) is 16.1. The van der Waals surface area contributed by atoms with Crippen molar-refractivity contribution < 1.29 is 4.42 Å². The van der Waals surface area contributed by atoms with Crippen LogP contribution in [0.2, 0.25) is 0 Å². The van der Waals surface area contributed by atoms with Gasteiger partial charge in [0.2, 0.25) is 0 Å². The number of hydrogen-bond acceptors (Lipinski definition) is 3. The van der Waals surface area contributed by atoms with E-state index in [0.29, 0.717) is 11.1 Å². The molecule has 0 aliphatic carbocycles. The average molecular weight is 625 g/mol. The lowest BCUT2D eigenvalue weighted by molar-refractivity contribution is 0.671. The third-order valence-electron chi connectivity index (χ3n) is 9.77. The van der Waals surface area contributed by atoms with Gasteiger partial charge in [-0.3, -0.25) is 0 Å². The van der Waals surface area contributed by atoms with Gasteiger partial charge >= 0.3 is 0 Å². The molecular formula is C44H24N4O. The number of benzene rings is 7. The minimum atomic E-state index is 0.585. The van der Waals surface area contributed by atoms with Crippen LogP contribution in [0.3, 0.4) is 0 Å². The molecule has 10 rings (SSSR count). The Hall–Kier alpha value is -7.08. The first-order chi connectivity index (χ1) is 24.2. The van der Waals surface area contributed by atoms with Crippen molar-refractivity contribution in [3.63, 3.8) is 0 Å². The first-order valence-electron chi connectivity index (χ1n) is 16.1. The Morgan fingerprint density at radius 2 is 1.12 bits per heavy atom. The minimum absolute atomic E-state index is 0.585. The Morgan fingerprint density at radius 3 is 1.98 bits per heavy atom. The molecule has 0 saturated carbocycles. The van der Waals surface area contributed by atoms with Gasteiger partial charge in [-0.25, -0.2) is 0 Å². The van der Waals surface area contributed by atoms with Gasteiger partial charge in [0.1, 0.15) is 5.58 Å². The third kappa shape index (κ3) is 3.85. The molecule has 5 heteroatoms. The van der Waals surface area contributed by atoms with E-state index < -0.39 is 0 Å². The summed E-state index contributed by atoms with van der Waals surface area (Å²) in [5.74, 6) is 0. The molecule has 0 spiro atoms. The predicted molar refractivity (Wildman–Crippen MR) is 197 cm³/mol. The summed E-state index contributed by atoms with van der Waals surface area (Å²) in [6, 6.07) is 54.2. The monoisotopic (exact) mass is 624 g/mol. The van der Waals surface area contributed by atoms with E-state index in [1.54, 1.807) is 0 Å². The summed E-state index contributed by atoms with van der Waals surface area (Å²) >= 11 is 0. The van der Waals surface area contributed by atoms with E-state index in [0.717, 1.165) is 88.1 Å². The quantitative estimate of drug-likeness (QED) is 0.196. The van der Waals surface area contributed by atoms with Gasteiger partial charge in [-0.05, 0) is 84.4 Å². The van der Waals surface area contributed by atoms with E-state index in [2.05, 4.69) is 94.1 Å². The van der Waals surface area contributed by atoms with E-state index in [-0.39, 0.29) is 0 Å². The number of fused-ring (bicyclic) bond motifs is 10. The summed E-state index contributed by atoms with van der Waals surface area (Å²) in [4.78, 5) is 0. The van der Waals surface area contributed by atoms with Crippen molar-refractivity contribution in [2.24, 2.45) is 0 Å². The number of hydrogen-bond donors (Lipinski definition) is 0. The summed E-state index contributed by atoms with van der Waals surface area (Å²) in [7, 11) is 0. The summed E-state index contributed by atoms with van der Waals surface area (Å²) in [6.45, 7) is 0. The molecule has 0 N–H and O–H groups in total. The molecule has 5 nitrogen and oxygen atoms in total. The average Bonchev–Trinajstić information content (AvgIpc) is 3.82. The molecule has 0 atom stereocenters. The fourth-order valence-electron chi connectivity index (χ4n) is 7.63. The number of para-hydroxylation sites is 3. The SMILES string of the molecule is N#Cc1ccc(-n2c3ccccc3c3cc(C#N)ccc32)c(-c2ccc3c(c2)c2ccc4c5ccccc5oc4c2n3-c2ccccc2)c1. The fourth-order valence-corrected chi connectivity index (χ4v) is 7.63. The Kier molecular flexibility index (Phi) is 5.64. The summed E-state index contributed by atoms with van der Waals surface area (Å²) in [5.41, 5.74) is 11.0. The van der Waals surface area contributed by atoms with Gasteiger partial charge in [0.05, 0.1) is 51.0 Å². The molecule has 0 fully saturated rings. The van der Waals surface area contributed by atoms with Crippen LogP contribution in [0.4, 0.5) is 0 Å². The van der Waals surface area contributed by atoms with Gasteiger partial charge in [-0.2, -0.15) is 10.5 Å². The van der Waals surface area contributed by atoms with Gasteiger partial charge in [-0.1, -0.05) is 66.7 Å². The number of nitrogens with zero attached hydrogens (tertiary/aromatic N) is 4. The molecule has 0 aliphatic rings. The maximum Gasteiger partial charge on any atom is 0.160 e. The van der Waals surface area contributed by atoms with Crippen molar-refractivity contribution >= 4 is 65.6 Å². The van der Waals surface area contributed by atoms with Crippen LogP contribution in [0, 0.1) is 22.7 Å². The van der Waals surface area contributed by atoms with Crippen molar-refractivity contribution in [3.05, 3.63) is 157 Å². The molecule has 226 valence electrons. The molecule has 49 heavy (non-hydrogen) atoms. The third-order valence-corrected chi connectivity index (χ3v) is 9.77. The molecule has 10 aromatic rings. The molecule has 0 amide bonds. The maximum absolute atomic E-state index is 10.0. The molecular weight excluding hydrogens is 601 g/mol. The van der Waals surface area contributed by atoms with Crippen LogP contribution < -0.4 is 0 Å². The van der Waals surface area contributed by atoms with Gasteiger partial charge < -0.3 is 13.6 Å². The topological polar surface area (TPSA) is 70.6 Å². The standard InChI is InChI=1S/C44H24N4O/c45-25-27-14-19-39(48-38-12-6-4-10-31(38)36-23-28(26-46)15-20-41(36)48)35(22-27)29-16-21-40-37(24-29)33-17-18-34-32-11-5-7-13-42(32)49-44(34)43(33)47(40)30-8-2-1-3-9-30/h1-24H. The molecule has 0 unspecified atom stereocenters. The van der Waals surface area contributed by atoms with Gasteiger partial charge in [0, 0.05) is 43.6 Å². The zero-order chi connectivity index (χ0) is 32.6. The Bertz CT molecular complexity index is 3070. The Balaban J connectivity index is 1.29. The number of aromatic nitrogens is 2. The Labute approximate surface area is 280 Å². The second kappa shape index (κ2) is 10.2. The highest BCUT2D eigenvalue weighted by Gasteiger charge is 2.21. The van der Waals surface area contributed by atoms with Gasteiger partial charge in [0.15, 0.2) is 5.58 Å². The minimum Gasteiger partial charge on any atom is -0.454 e. The second-order valence-corrected chi connectivity index (χ2v) is 12.4. The Morgan fingerprint density at radius 1 is 0.469 bits per heavy atom. The summed E-state index contributed by atoms with van der Waals surface area (Å²) < 4.78 is 11.1. The number of rotatable bonds is 3. The normalized spacial score (nSPS) is 11.6. The van der Waals surface area contributed by atoms with Gasteiger partial charge in [0.25, 0.3) is 0 Å². The van der Waals surface area contributed by atoms with Crippen LogP contribution in [0.1, 0.15) is 11.1 Å². The highest BCUT2D eigenvalue weighted by atomic mass is 16.3. The summed E-state index contributed by atoms with van der Waals surface area (Å²) in [5, 5.41) is 26.2. The highest BCUT2D eigenvalue weighted by Crippen LogP contribution is 2.43. The fraction of sp³-hybridized carbons (Fsp3) is 0. The van der Waals surface area contributed by atoms with Crippen molar-refractivity contribution in [3.8, 4) is 34.6 Å². The zero-order valence-electron chi connectivity index (χ0n) is 26.1. The van der Waals surface area contributed by atoms with E-state index in [1.807, 2.05) is 72.8 Å². The molecule has 3 aromatic heterocycles. The molecule has 7 aromatic carbocycles. The predicted octanol–water partition coefficient (Wildman–Crippen LogP) is 11.2. The highest BCUT2D eigenvalue weighted by molar-refractivity contribution is 6.22. The lowest BCUT2D eigenvalue weighted by atomic mass is 9.98. The van der Waals surface area contributed by atoms with Crippen LogP contribution in [0.5, 0.6) is 0 Å². The van der Waals surface area contributed by atoms with Crippen LogP contribution in [0.15, 0.2) is 150 Å². The summed E-state index contributed by atoms with van der Waals surface area (Å²) in [6.07, 6.45) is 0. The van der Waals surface area contributed by atoms with E-state index in [9.17, 15) is 10.5 Å². The number of nitriles is 2. The van der Waals surface area contributed by atoms with Crippen molar-refractivity contribution in [2.45, 2.75) is 0 Å². The molecule has 0 radical (unpaired) electrons. The molecule has 0 saturated heterocycles. The zero-order valence-corrected chi connectivity index (χ0v) is 26.1. The van der Waals surface area contributed by atoms with E-state index in [4.69, 9.17) is 4.42 Å². The maximum atomic E-state index is 10.0. The van der Waals surface area contributed by atoms with Crippen molar-refractivity contribution in [1.29, 1.82) is 10.5 Å². The van der Waals surface area contributed by atoms with Crippen LogP contribution in [0.25, 0.3) is 88.1 Å². The smallest absolute Gasteiger partial charge is 0.160 e. The van der Waals surface area contributed by atoms with Crippen LogP contribution >= 0.6 is 0 Å². The lowest BCUT2D eigenvalue weighted by Gasteiger charge is -2.15. The molecule has 3 heterocycles. The van der Waals surface area contributed by atoms with E-state index >= 15 is 0 Å². The van der Waals surface area contributed by atoms with Crippen molar-refractivity contribution in [1.82, 2.24) is 9.13 Å².